The third-order valence-corrected chi connectivity index (χ3v) is 5.39. The Bertz CT molecular complexity index is 769. The Labute approximate surface area is 130 Å². The van der Waals surface area contributed by atoms with E-state index in [-0.39, 0.29) is 10.9 Å². The van der Waals surface area contributed by atoms with Gasteiger partial charge in [-0.15, -0.1) is 0 Å². The number of sulfonamides is 1. The number of hydrogen-bond acceptors (Lipinski definition) is 4. The summed E-state index contributed by atoms with van der Waals surface area (Å²) in [6.45, 7) is 3.33. The van der Waals surface area contributed by atoms with Crippen LogP contribution >= 0.6 is 0 Å². The van der Waals surface area contributed by atoms with Gasteiger partial charge in [0, 0.05) is 38.1 Å². The molecule has 7 heteroatoms. The van der Waals surface area contributed by atoms with E-state index in [0.29, 0.717) is 6.54 Å². The van der Waals surface area contributed by atoms with Crippen molar-refractivity contribution < 1.29 is 8.42 Å². The highest BCUT2D eigenvalue weighted by Crippen LogP contribution is 2.28. The van der Waals surface area contributed by atoms with E-state index in [1.807, 2.05) is 19.1 Å². The smallest absolute Gasteiger partial charge is 0.243 e. The Kier molecular flexibility index (Phi) is 3.92. The van der Waals surface area contributed by atoms with Crippen molar-refractivity contribution in [3.8, 4) is 0 Å². The zero-order valence-corrected chi connectivity index (χ0v) is 13.5. The minimum absolute atomic E-state index is 0.0927. The lowest BCUT2D eigenvalue weighted by Gasteiger charge is -2.27. The second-order valence-corrected chi connectivity index (χ2v) is 7.39. The maximum Gasteiger partial charge on any atom is 0.243 e. The summed E-state index contributed by atoms with van der Waals surface area (Å²) >= 11 is 0. The van der Waals surface area contributed by atoms with Gasteiger partial charge in [0.15, 0.2) is 0 Å². The maximum atomic E-state index is 12.2. The summed E-state index contributed by atoms with van der Waals surface area (Å²) in [5.41, 5.74) is 2.53. The quantitative estimate of drug-likeness (QED) is 0.897. The molecule has 2 aromatic rings. The number of para-hydroxylation sites is 1. The van der Waals surface area contributed by atoms with Crippen molar-refractivity contribution in [3.63, 3.8) is 0 Å². The van der Waals surface area contributed by atoms with Crippen molar-refractivity contribution in [2.24, 2.45) is 7.05 Å². The first-order valence-corrected chi connectivity index (χ1v) is 8.78. The predicted molar refractivity (Wildman–Crippen MR) is 85.4 cm³/mol. The van der Waals surface area contributed by atoms with Gasteiger partial charge >= 0.3 is 0 Å². The van der Waals surface area contributed by atoms with Crippen LogP contribution in [0.2, 0.25) is 0 Å². The van der Waals surface area contributed by atoms with Crippen LogP contribution in [0, 0.1) is 0 Å². The average Bonchev–Trinajstić information content (AvgIpc) is 3.11. The van der Waals surface area contributed by atoms with E-state index < -0.39 is 10.0 Å². The Morgan fingerprint density at radius 3 is 2.86 bits per heavy atom. The number of fused-ring (bicyclic) bond motifs is 1. The molecule has 0 radical (unpaired) electrons. The van der Waals surface area contributed by atoms with Crippen LogP contribution in [-0.4, -0.2) is 37.3 Å². The van der Waals surface area contributed by atoms with Gasteiger partial charge < -0.3 is 4.90 Å². The largest absolute Gasteiger partial charge is 0.367 e. The lowest BCUT2D eigenvalue weighted by atomic mass is 10.2. The molecule has 6 nitrogen and oxygen atoms in total. The second kappa shape index (κ2) is 5.73. The number of benzene rings is 1. The summed E-state index contributed by atoms with van der Waals surface area (Å²) in [5.74, 6) is 0. The molecular weight excluding hydrogens is 300 g/mol. The van der Waals surface area contributed by atoms with Gasteiger partial charge in [0.2, 0.25) is 10.0 Å². The molecule has 1 aromatic heterocycles. The first kappa shape index (κ1) is 15.1. The van der Waals surface area contributed by atoms with Crippen LogP contribution in [0.5, 0.6) is 0 Å². The fourth-order valence-corrected chi connectivity index (χ4v) is 3.89. The zero-order valence-electron chi connectivity index (χ0n) is 12.7. The Hall–Kier alpha value is -1.86. The third-order valence-electron chi connectivity index (χ3n) is 4.02. The molecule has 1 N–H and O–H groups in total. The minimum atomic E-state index is -3.50. The molecule has 1 atom stereocenters. The van der Waals surface area contributed by atoms with E-state index in [2.05, 4.69) is 26.9 Å². The van der Waals surface area contributed by atoms with Crippen LogP contribution in [0.4, 0.5) is 5.69 Å². The minimum Gasteiger partial charge on any atom is -0.367 e. The van der Waals surface area contributed by atoms with E-state index in [9.17, 15) is 8.42 Å². The summed E-state index contributed by atoms with van der Waals surface area (Å²) in [5, 5.41) is 3.90. The van der Waals surface area contributed by atoms with E-state index in [0.717, 1.165) is 13.0 Å². The highest BCUT2D eigenvalue weighted by Gasteiger charge is 2.24. The summed E-state index contributed by atoms with van der Waals surface area (Å²) < 4.78 is 28.6. The summed E-state index contributed by atoms with van der Waals surface area (Å²) in [6, 6.07) is 8.37. The molecule has 1 unspecified atom stereocenters. The number of aromatic nitrogens is 2. The molecule has 2 heterocycles. The van der Waals surface area contributed by atoms with Gasteiger partial charge in [-0.1, -0.05) is 18.2 Å². The summed E-state index contributed by atoms with van der Waals surface area (Å²) in [4.78, 5) is 2.45. The van der Waals surface area contributed by atoms with E-state index >= 15 is 0 Å². The molecule has 1 aliphatic rings. The number of rotatable bonds is 5. The molecule has 22 heavy (non-hydrogen) atoms. The molecule has 0 bridgehead atoms. The van der Waals surface area contributed by atoms with Gasteiger partial charge in [0.05, 0.1) is 6.20 Å². The van der Waals surface area contributed by atoms with Gasteiger partial charge in [-0.2, -0.15) is 5.10 Å². The first-order valence-electron chi connectivity index (χ1n) is 7.30. The van der Waals surface area contributed by atoms with Crippen molar-refractivity contribution in [2.75, 3.05) is 18.0 Å². The van der Waals surface area contributed by atoms with Gasteiger partial charge in [-0.05, 0) is 25.0 Å². The predicted octanol–water partition coefficient (Wildman–Crippen LogP) is 1.15. The highest BCUT2D eigenvalue weighted by atomic mass is 32.2. The molecule has 0 aliphatic carbocycles. The van der Waals surface area contributed by atoms with Gasteiger partial charge in [-0.3, -0.25) is 4.68 Å². The highest BCUT2D eigenvalue weighted by molar-refractivity contribution is 7.89. The lowest BCUT2D eigenvalue weighted by molar-refractivity contribution is 0.566. The molecule has 0 fully saturated rings. The molecule has 3 rings (SSSR count). The van der Waals surface area contributed by atoms with Crippen LogP contribution in [0.25, 0.3) is 0 Å². The molecular formula is C15H20N4O2S. The van der Waals surface area contributed by atoms with Crippen LogP contribution in [0.3, 0.4) is 0 Å². The van der Waals surface area contributed by atoms with E-state index in [1.165, 1.54) is 28.3 Å². The zero-order chi connectivity index (χ0) is 15.7. The lowest BCUT2D eigenvalue weighted by Crippen LogP contribution is -2.41. The van der Waals surface area contributed by atoms with Crippen LogP contribution in [0.1, 0.15) is 12.5 Å². The second-order valence-electron chi connectivity index (χ2n) is 5.62. The van der Waals surface area contributed by atoms with Gasteiger partial charge in [-0.25, -0.2) is 13.1 Å². The van der Waals surface area contributed by atoms with Gasteiger partial charge in [0.25, 0.3) is 0 Å². The normalized spacial score (nSPS) is 15.8. The topological polar surface area (TPSA) is 67.2 Å². The monoisotopic (exact) mass is 320 g/mol. The molecule has 0 spiro atoms. The number of hydrogen-bond donors (Lipinski definition) is 1. The number of aryl methyl sites for hydroxylation is 1. The molecule has 0 saturated heterocycles. The first-order chi connectivity index (χ1) is 10.5. The molecule has 1 aromatic carbocycles. The summed E-state index contributed by atoms with van der Waals surface area (Å²) in [7, 11) is -1.80. The van der Waals surface area contributed by atoms with E-state index in [1.54, 1.807) is 7.05 Å². The van der Waals surface area contributed by atoms with Crippen molar-refractivity contribution in [1.29, 1.82) is 0 Å². The van der Waals surface area contributed by atoms with Gasteiger partial charge in [0.1, 0.15) is 4.90 Å². The Morgan fingerprint density at radius 1 is 1.36 bits per heavy atom. The molecule has 0 saturated carbocycles. The van der Waals surface area contributed by atoms with Crippen molar-refractivity contribution >= 4 is 15.7 Å². The van der Waals surface area contributed by atoms with Crippen molar-refractivity contribution in [3.05, 3.63) is 42.2 Å². The average molecular weight is 320 g/mol. The molecule has 1 aliphatic heterocycles. The molecule has 118 valence electrons. The molecule has 0 amide bonds. The fourth-order valence-electron chi connectivity index (χ4n) is 2.78. The van der Waals surface area contributed by atoms with Crippen LogP contribution < -0.4 is 9.62 Å². The van der Waals surface area contributed by atoms with Crippen LogP contribution in [-0.2, 0) is 23.5 Å². The standard InChI is InChI=1S/C15H20N4O2S/c1-12(19-8-7-13-5-3-4-6-15(13)19)9-17-22(20,21)14-10-16-18(2)11-14/h3-6,10-12,17H,7-9H2,1-2H3. The number of nitrogens with zero attached hydrogens (tertiary/aromatic N) is 3. The Balaban J connectivity index is 1.67. The third kappa shape index (κ3) is 2.86. The van der Waals surface area contributed by atoms with E-state index in [4.69, 9.17) is 0 Å². The van der Waals surface area contributed by atoms with Crippen molar-refractivity contribution in [2.45, 2.75) is 24.3 Å². The van der Waals surface area contributed by atoms with Crippen molar-refractivity contribution in [1.82, 2.24) is 14.5 Å². The maximum absolute atomic E-state index is 12.2. The number of nitrogens with one attached hydrogen (secondary N) is 1. The summed E-state index contributed by atoms with van der Waals surface area (Å²) in [6.07, 6.45) is 3.87. The number of anilines is 1. The SMILES string of the molecule is CC(CNS(=O)(=O)c1cnn(C)c1)N1CCc2ccccc21. The Morgan fingerprint density at radius 2 is 2.14 bits per heavy atom. The fraction of sp³-hybridized carbons (Fsp3) is 0.400. The van der Waals surface area contributed by atoms with Crippen LogP contribution in [0.15, 0.2) is 41.6 Å².